The number of esters is 1. The second kappa shape index (κ2) is 7.09. The average molecular weight is 233 g/mol. The van der Waals surface area contributed by atoms with Gasteiger partial charge in [0.25, 0.3) is 0 Å². The molecule has 0 amide bonds. The maximum Gasteiger partial charge on any atom is 0.322 e. The fourth-order valence-electron chi connectivity index (χ4n) is 1.47. The van der Waals surface area contributed by atoms with Crippen LogP contribution in [0.1, 0.15) is 19.3 Å². The highest BCUT2D eigenvalue weighted by Crippen LogP contribution is 2.22. The number of hydrogen-bond acceptors (Lipinski definition) is 5. The van der Waals surface area contributed by atoms with Crippen LogP contribution in [0.4, 0.5) is 0 Å². The molecule has 15 heavy (non-hydrogen) atoms. The lowest BCUT2D eigenvalue weighted by atomic mass is 10.2. The third kappa shape index (κ3) is 4.86. The van der Waals surface area contributed by atoms with Crippen molar-refractivity contribution in [2.75, 3.05) is 26.1 Å². The van der Waals surface area contributed by atoms with E-state index in [1.807, 2.05) is 11.8 Å². The first-order chi connectivity index (χ1) is 7.24. The molecule has 0 bridgehead atoms. The van der Waals surface area contributed by atoms with Gasteiger partial charge >= 0.3 is 5.97 Å². The summed E-state index contributed by atoms with van der Waals surface area (Å²) in [6.45, 7) is 1.72. The SMILES string of the molecule is COC(=O)C(N)CCSC1CCOCC1. The van der Waals surface area contributed by atoms with E-state index < -0.39 is 6.04 Å². The van der Waals surface area contributed by atoms with Crippen molar-refractivity contribution in [3.63, 3.8) is 0 Å². The third-order valence-corrected chi connectivity index (χ3v) is 3.87. The Morgan fingerprint density at radius 3 is 2.87 bits per heavy atom. The Kier molecular flexibility index (Phi) is 6.05. The molecule has 1 aliphatic rings. The van der Waals surface area contributed by atoms with E-state index in [0.29, 0.717) is 11.7 Å². The molecule has 1 rings (SSSR count). The van der Waals surface area contributed by atoms with Crippen LogP contribution in [-0.4, -0.2) is 43.3 Å². The Balaban J connectivity index is 2.07. The standard InChI is InChI=1S/C10H19NO3S/c1-13-10(12)9(11)4-7-15-8-2-5-14-6-3-8/h8-9H,2-7,11H2,1H3. The van der Waals surface area contributed by atoms with Gasteiger partial charge in [-0.15, -0.1) is 0 Å². The number of rotatable bonds is 5. The molecule has 1 atom stereocenters. The van der Waals surface area contributed by atoms with E-state index in [0.717, 1.165) is 31.8 Å². The van der Waals surface area contributed by atoms with Crippen molar-refractivity contribution >= 4 is 17.7 Å². The highest BCUT2D eigenvalue weighted by molar-refractivity contribution is 7.99. The Bertz CT molecular complexity index is 195. The molecule has 88 valence electrons. The number of hydrogen-bond donors (Lipinski definition) is 1. The van der Waals surface area contributed by atoms with Gasteiger partial charge in [-0.2, -0.15) is 11.8 Å². The van der Waals surface area contributed by atoms with Crippen molar-refractivity contribution in [3.8, 4) is 0 Å². The normalized spacial score (nSPS) is 19.9. The van der Waals surface area contributed by atoms with Crippen LogP contribution in [0.3, 0.4) is 0 Å². The lowest BCUT2D eigenvalue weighted by molar-refractivity contribution is -0.142. The van der Waals surface area contributed by atoms with Crippen molar-refractivity contribution in [1.29, 1.82) is 0 Å². The number of nitrogens with two attached hydrogens (primary N) is 1. The molecule has 1 aliphatic heterocycles. The van der Waals surface area contributed by atoms with Gasteiger partial charge in [-0.05, 0) is 25.0 Å². The average Bonchev–Trinajstić information content (AvgIpc) is 2.29. The predicted octanol–water partition coefficient (Wildman–Crippen LogP) is 0.789. The van der Waals surface area contributed by atoms with E-state index in [1.165, 1.54) is 7.11 Å². The number of methoxy groups -OCH3 is 1. The summed E-state index contributed by atoms with van der Waals surface area (Å²) in [6.07, 6.45) is 2.91. The molecule has 0 spiro atoms. The smallest absolute Gasteiger partial charge is 0.322 e. The molecule has 0 aliphatic carbocycles. The van der Waals surface area contributed by atoms with Crippen molar-refractivity contribution in [2.24, 2.45) is 5.73 Å². The van der Waals surface area contributed by atoms with E-state index in [-0.39, 0.29) is 5.97 Å². The Morgan fingerprint density at radius 1 is 1.60 bits per heavy atom. The topological polar surface area (TPSA) is 61.5 Å². The predicted molar refractivity (Wildman–Crippen MR) is 60.9 cm³/mol. The summed E-state index contributed by atoms with van der Waals surface area (Å²) in [6, 6.07) is -0.470. The van der Waals surface area contributed by atoms with E-state index in [4.69, 9.17) is 10.5 Å². The molecule has 0 aromatic rings. The maximum absolute atomic E-state index is 11.0. The molecular formula is C10H19NO3S. The highest BCUT2D eigenvalue weighted by atomic mass is 32.2. The van der Waals surface area contributed by atoms with Gasteiger partial charge in [-0.1, -0.05) is 0 Å². The molecule has 1 saturated heterocycles. The van der Waals surface area contributed by atoms with E-state index in [9.17, 15) is 4.79 Å². The summed E-state index contributed by atoms with van der Waals surface area (Å²) < 4.78 is 9.83. The second-order valence-electron chi connectivity index (χ2n) is 3.60. The molecule has 0 saturated carbocycles. The maximum atomic E-state index is 11.0. The first-order valence-electron chi connectivity index (χ1n) is 5.26. The number of ether oxygens (including phenoxy) is 2. The van der Waals surface area contributed by atoms with E-state index in [1.54, 1.807) is 0 Å². The zero-order valence-electron chi connectivity index (χ0n) is 9.11. The minimum absolute atomic E-state index is 0.317. The molecule has 1 heterocycles. The number of thioether (sulfide) groups is 1. The highest BCUT2D eigenvalue weighted by Gasteiger charge is 2.17. The number of carbonyl (C=O) groups is 1. The van der Waals surface area contributed by atoms with Crippen LogP contribution in [0.2, 0.25) is 0 Å². The Hall–Kier alpha value is -0.260. The molecule has 1 fully saturated rings. The first kappa shape index (κ1) is 12.8. The van der Waals surface area contributed by atoms with Gasteiger partial charge < -0.3 is 15.2 Å². The van der Waals surface area contributed by atoms with Gasteiger partial charge in [-0.3, -0.25) is 4.79 Å². The van der Waals surface area contributed by atoms with Crippen LogP contribution >= 0.6 is 11.8 Å². The monoisotopic (exact) mass is 233 g/mol. The van der Waals surface area contributed by atoms with Gasteiger partial charge in [0.05, 0.1) is 7.11 Å². The van der Waals surface area contributed by atoms with Crippen LogP contribution in [0.15, 0.2) is 0 Å². The first-order valence-corrected chi connectivity index (χ1v) is 6.31. The minimum Gasteiger partial charge on any atom is -0.468 e. The molecule has 0 aromatic heterocycles. The fraction of sp³-hybridized carbons (Fsp3) is 0.900. The van der Waals surface area contributed by atoms with Crippen LogP contribution in [0, 0.1) is 0 Å². The van der Waals surface area contributed by atoms with Crippen LogP contribution in [-0.2, 0) is 14.3 Å². The summed E-state index contributed by atoms with van der Waals surface area (Å²) in [4.78, 5) is 11.0. The molecule has 5 heteroatoms. The summed E-state index contributed by atoms with van der Waals surface area (Å²) in [5.41, 5.74) is 5.63. The zero-order valence-corrected chi connectivity index (χ0v) is 9.92. The summed E-state index contributed by atoms with van der Waals surface area (Å²) in [7, 11) is 1.37. The Labute approximate surface area is 94.9 Å². The van der Waals surface area contributed by atoms with Gasteiger partial charge in [-0.25, -0.2) is 0 Å². The van der Waals surface area contributed by atoms with E-state index >= 15 is 0 Å². The zero-order chi connectivity index (χ0) is 11.1. The summed E-state index contributed by atoms with van der Waals surface area (Å²) >= 11 is 1.89. The van der Waals surface area contributed by atoms with Gasteiger partial charge in [0.15, 0.2) is 0 Å². The molecule has 0 aromatic carbocycles. The molecular weight excluding hydrogens is 214 g/mol. The third-order valence-electron chi connectivity index (χ3n) is 2.45. The molecule has 1 unspecified atom stereocenters. The minimum atomic E-state index is -0.470. The van der Waals surface area contributed by atoms with Crippen LogP contribution in [0.5, 0.6) is 0 Å². The van der Waals surface area contributed by atoms with E-state index in [2.05, 4.69) is 4.74 Å². The van der Waals surface area contributed by atoms with Crippen molar-refractivity contribution in [2.45, 2.75) is 30.6 Å². The second-order valence-corrected chi connectivity index (χ2v) is 5.01. The van der Waals surface area contributed by atoms with Crippen molar-refractivity contribution < 1.29 is 14.3 Å². The Morgan fingerprint density at radius 2 is 2.27 bits per heavy atom. The lowest BCUT2D eigenvalue weighted by Crippen LogP contribution is -2.32. The van der Waals surface area contributed by atoms with Crippen molar-refractivity contribution in [1.82, 2.24) is 0 Å². The quantitative estimate of drug-likeness (QED) is 0.711. The molecule has 0 radical (unpaired) electrons. The lowest BCUT2D eigenvalue weighted by Gasteiger charge is -2.21. The summed E-state index contributed by atoms with van der Waals surface area (Å²) in [5, 5.41) is 0.670. The van der Waals surface area contributed by atoms with Gasteiger partial charge in [0, 0.05) is 18.5 Å². The summed E-state index contributed by atoms with van der Waals surface area (Å²) in [5.74, 6) is 0.601. The largest absolute Gasteiger partial charge is 0.468 e. The molecule has 4 nitrogen and oxygen atoms in total. The van der Waals surface area contributed by atoms with Crippen LogP contribution in [0.25, 0.3) is 0 Å². The molecule has 2 N–H and O–H groups in total. The fourth-order valence-corrected chi connectivity index (χ4v) is 2.72. The van der Waals surface area contributed by atoms with Gasteiger partial charge in [0.2, 0.25) is 0 Å². The van der Waals surface area contributed by atoms with Crippen molar-refractivity contribution in [3.05, 3.63) is 0 Å². The van der Waals surface area contributed by atoms with Gasteiger partial charge in [0.1, 0.15) is 6.04 Å². The number of carbonyl (C=O) groups excluding carboxylic acids is 1. The van der Waals surface area contributed by atoms with Crippen LogP contribution < -0.4 is 5.73 Å².